The van der Waals surface area contributed by atoms with E-state index in [-0.39, 0.29) is 6.04 Å². The molecule has 0 aliphatic rings. The molecule has 0 saturated heterocycles. The highest BCUT2D eigenvalue weighted by molar-refractivity contribution is 9.10. The lowest BCUT2D eigenvalue weighted by molar-refractivity contribution is 0.534. The summed E-state index contributed by atoms with van der Waals surface area (Å²) in [4.78, 5) is 7.82. The first-order chi connectivity index (χ1) is 6.79. The standard InChI is InChI=1S/C9H8BrN3O/c10-9-7(1-2-14-9)8(11)6-3-12-5-13-4-6/h1-5,8H,11H2. The van der Waals surface area contributed by atoms with Gasteiger partial charge in [0.05, 0.1) is 12.3 Å². The highest BCUT2D eigenvalue weighted by Crippen LogP contribution is 2.26. The fraction of sp³-hybridized carbons (Fsp3) is 0.111. The molecular formula is C9H8BrN3O. The molecule has 0 bridgehead atoms. The fourth-order valence-electron chi connectivity index (χ4n) is 1.18. The lowest BCUT2D eigenvalue weighted by Crippen LogP contribution is -2.11. The van der Waals surface area contributed by atoms with E-state index in [9.17, 15) is 0 Å². The monoisotopic (exact) mass is 253 g/mol. The van der Waals surface area contributed by atoms with E-state index in [1.807, 2.05) is 6.07 Å². The minimum Gasteiger partial charge on any atom is -0.457 e. The van der Waals surface area contributed by atoms with Crippen molar-refractivity contribution in [1.82, 2.24) is 9.97 Å². The Labute approximate surface area is 89.3 Å². The Morgan fingerprint density at radius 3 is 2.64 bits per heavy atom. The Bertz CT molecular complexity index is 415. The SMILES string of the molecule is NC(c1cncnc1)c1ccoc1Br. The fourth-order valence-corrected chi connectivity index (χ4v) is 1.66. The third-order valence-corrected chi connectivity index (χ3v) is 2.57. The number of halogens is 1. The van der Waals surface area contributed by atoms with Gasteiger partial charge in [-0.25, -0.2) is 9.97 Å². The van der Waals surface area contributed by atoms with Crippen LogP contribution in [0.15, 0.2) is 40.1 Å². The minimum atomic E-state index is -0.260. The zero-order chi connectivity index (χ0) is 9.97. The summed E-state index contributed by atoms with van der Waals surface area (Å²) in [5.74, 6) is 0. The van der Waals surface area contributed by atoms with Crippen molar-refractivity contribution in [3.63, 3.8) is 0 Å². The molecule has 0 saturated carbocycles. The molecular weight excluding hydrogens is 246 g/mol. The van der Waals surface area contributed by atoms with Gasteiger partial charge in [0.15, 0.2) is 4.67 Å². The molecule has 2 N–H and O–H groups in total. The predicted octanol–water partition coefficient (Wildman–Crippen LogP) is 1.88. The summed E-state index contributed by atoms with van der Waals surface area (Å²) in [6.45, 7) is 0. The van der Waals surface area contributed by atoms with Gasteiger partial charge in [0, 0.05) is 23.5 Å². The van der Waals surface area contributed by atoms with Gasteiger partial charge in [-0.2, -0.15) is 0 Å². The number of hydrogen-bond donors (Lipinski definition) is 1. The quantitative estimate of drug-likeness (QED) is 0.888. The van der Waals surface area contributed by atoms with Crippen LogP contribution in [0.25, 0.3) is 0 Å². The number of hydrogen-bond acceptors (Lipinski definition) is 4. The number of furan rings is 1. The van der Waals surface area contributed by atoms with Gasteiger partial charge in [0.25, 0.3) is 0 Å². The molecule has 0 spiro atoms. The Balaban J connectivity index is 2.34. The molecule has 0 amide bonds. The van der Waals surface area contributed by atoms with Crippen LogP contribution >= 0.6 is 15.9 Å². The molecule has 2 aromatic heterocycles. The van der Waals surface area contributed by atoms with E-state index in [0.29, 0.717) is 4.67 Å². The summed E-state index contributed by atoms with van der Waals surface area (Å²) in [6, 6.07) is 1.56. The van der Waals surface area contributed by atoms with Crippen LogP contribution in [-0.2, 0) is 0 Å². The first kappa shape index (κ1) is 9.36. The highest BCUT2D eigenvalue weighted by atomic mass is 79.9. The summed E-state index contributed by atoms with van der Waals surface area (Å²) in [7, 11) is 0. The van der Waals surface area contributed by atoms with E-state index in [2.05, 4.69) is 25.9 Å². The number of nitrogens with zero attached hydrogens (tertiary/aromatic N) is 2. The van der Waals surface area contributed by atoms with Crippen LogP contribution in [-0.4, -0.2) is 9.97 Å². The van der Waals surface area contributed by atoms with Crippen LogP contribution in [0, 0.1) is 0 Å². The van der Waals surface area contributed by atoms with Gasteiger partial charge in [-0.15, -0.1) is 0 Å². The van der Waals surface area contributed by atoms with Gasteiger partial charge in [0.1, 0.15) is 6.33 Å². The molecule has 2 rings (SSSR count). The van der Waals surface area contributed by atoms with Gasteiger partial charge in [-0.3, -0.25) is 0 Å². The van der Waals surface area contributed by atoms with Crippen molar-refractivity contribution in [2.75, 3.05) is 0 Å². The third-order valence-electron chi connectivity index (χ3n) is 1.92. The lowest BCUT2D eigenvalue weighted by atomic mass is 10.1. The predicted molar refractivity (Wildman–Crippen MR) is 54.5 cm³/mol. The molecule has 0 aliphatic heterocycles. The largest absolute Gasteiger partial charge is 0.457 e. The Morgan fingerprint density at radius 1 is 1.36 bits per heavy atom. The van der Waals surface area contributed by atoms with Crippen LogP contribution in [0.2, 0.25) is 0 Å². The van der Waals surface area contributed by atoms with Gasteiger partial charge in [0.2, 0.25) is 0 Å². The van der Waals surface area contributed by atoms with Crippen molar-refractivity contribution in [3.8, 4) is 0 Å². The molecule has 1 atom stereocenters. The van der Waals surface area contributed by atoms with Crippen LogP contribution in [0.5, 0.6) is 0 Å². The molecule has 0 radical (unpaired) electrons. The minimum absolute atomic E-state index is 0.260. The van der Waals surface area contributed by atoms with Gasteiger partial charge in [-0.1, -0.05) is 0 Å². The first-order valence-corrected chi connectivity index (χ1v) is 4.81. The molecule has 0 aliphatic carbocycles. The molecule has 5 heteroatoms. The average molecular weight is 254 g/mol. The second-order valence-corrected chi connectivity index (χ2v) is 3.52. The van der Waals surface area contributed by atoms with Crippen LogP contribution < -0.4 is 5.73 Å². The summed E-state index contributed by atoms with van der Waals surface area (Å²) in [6.07, 6.45) is 6.44. The topological polar surface area (TPSA) is 64.9 Å². The van der Waals surface area contributed by atoms with E-state index in [1.165, 1.54) is 6.33 Å². The zero-order valence-corrected chi connectivity index (χ0v) is 8.81. The lowest BCUT2D eigenvalue weighted by Gasteiger charge is -2.08. The Kier molecular flexibility index (Phi) is 2.60. The van der Waals surface area contributed by atoms with Crippen LogP contribution in [0.1, 0.15) is 17.2 Å². The van der Waals surface area contributed by atoms with E-state index in [4.69, 9.17) is 10.2 Å². The van der Waals surface area contributed by atoms with Crippen molar-refractivity contribution in [2.45, 2.75) is 6.04 Å². The maximum Gasteiger partial charge on any atom is 0.174 e. The summed E-state index contributed by atoms with van der Waals surface area (Å²) in [5.41, 5.74) is 7.74. The Morgan fingerprint density at radius 2 is 2.07 bits per heavy atom. The molecule has 2 aromatic rings. The van der Waals surface area contributed by atoms with E-state index in [1.54, 1.807) is 18.7 Å². The van der Waals surface area contributed by atoms with Crippen molar-refractivity contribution < 1.29 is 4.42 Å². The number of aromatic nitrogens is 2. The maximum atomic E-state index is 5.99. The number of rotatable bonds is 2. The molecule has 14 heavy (non-hydrogen) atoms. The number of nitrogens with two attached hydrogens (primary N) is 1. The summed E-state index contributed by atoms with van der Waals surface area (Å²) < 4.78 is 5.75. The Hall–Kier alpha value is -1.20. The molecule has 2 heterocycles. The van der Waals surface area contributed by atoms with Gasteiger partial charge < -0.3 is 10.2 Å². The normalized spacial score (nSPS) is 12.7. The first-order valence-electron chi connectivity index (χ1n) is 4.02. The second-order valence-electron chi connectivity index (χ2n) is 2.80. The van der Waals surface area contributed by atoms with E-state index >= 15 is 0 Å². The molecule has 4 nitrogen and oxygen atoms in total. The van der Waals surface area contributed by atoms with E-state index in [0.717, 1.165) is 11.1 Å². The summed E-state index contributed by atoms with van der Waals surface area (Å²) >= 11 is 3.28. The maximum absolute atomic E-state index is 5.99. The highest BCUT2D eigenvalue weighted by Gasteiger charge is 2.14. The molecule has 0 aromatic carbocycles. The second kappa shape index (κ2) is 3.89. The third kappa shape index (κ3) is 1.69. The zero-order valence-electron chi connectivity index (χ0n) is 7.22. The average Bonchev–Trinajstić information content (AvgIpc) is 2.65. The summed E-state index contributed by atoms with van der Waals surface area (Å²) in [5, 5.41) is 0. The smallest absolute Gasteiger partial charge is 0.174 e. The van der Waals surface area contributed by atoms with Crippen molar-refractivity contribution in [1.29, 1.82) is 0 Å². The van der Waals surface area contributed by atoms with Crippen molar-refractivity contribution in [3.05, 3.63) is 46.8 Å². The van der Waals surface area contributed by atoms with Gasteiger partial charge >= 0.3 is 0 Å². The van der Waals surface area contributed by atoms with E-state index < -0.39 is 0 Å². The molecule has 0 fully saturated rings. The molecule has 72 valence electrons. The molecule has 1 unspecified atom stereocenters. The van der Waals surface area contributed by atoms with Crippen molar-refractivity contribution >= 4 is 15.9 Å². The van der Waals surface area contributed by atoms with Crippen LogP contribution in [0.3, 0.4) is 0 Å². The van der Waals surface area contributed by atoms with Crippen LogP contribution in [0.4, 0.5) is 0 Å². The van der Waals surface area contributed by atoms with Gasteiger partial charge in [-0.05, 0) is 22.0 Å². The van der Waals surface area contributed by atoms with Crippen molar-refractivity contribution in [2.24, 2.45) is 5.73 Å².